The Kier molecular flexibility index (Phi) is 6.84. The smallest absolute Gasteiger partial charge is 0.328 e. The number of carboxylic acid groups (broad SMARTS) is 1. The van der Waals surface area contributed by atoms with Crippen LogP contribution in [-0.2, 0) is 4.79 Å². The summed E-state index contributed by atoms with van der Waals surface area (Å²) in [4.78, 5) is 14.3. The Bertz CT molecular complexity index is 345. The Morgan fingerprint density at radius 2 is 1.88 bits per heavy atom. The number of hydrogen-bond acceptors (Lipinski definition) is 2. The van der Waals surface area contributed by atoms with Gasteiger partial charge in [0, 0.05) is 6.21 Å². The van der Waals surface area contributed by atoms with E-state index in [4.69, 9.17) is 5.11 Å². The van der Waals surface area contributed by atoms with Crippen LogP contribution in [0.5, 0.6) is 0 Å². The minimum absolute atomic E-state index is 0.689. The summed E-state index contributed by atoms with van der Waals surface area (Å²) < 4.78 is 0. The molecule has 0 aliphatic rings. The summed E-state index contributed by atoms with van der Waals surface area (Å²) in [6, 6.07) is -0.689. The molecule has 0 aromatic heterocycles. The van der Waals surface area contributed by atoms with Crippen LogP contribution in [0.3, 0.4) is 0 Å². The molecule has 0 aromatic carbocycles. The molecule has 0 aromatic rings. The molecule has 0 aliphatic heterocycles. The summed E-state index contributed by atoms with van der Waals surface area (Å²) >= 11 is 0. The SMILES string of the molecule is CC(C)=CC=CC(C)=CC=N[C@@H](C)C(=O)O. The van der Waals surface area contributed by atoms with E-state index >= 15 is 0 Å². The first-order valence-electron chi connectivity index (χ1n) is 5.18. The largest absolute Gasteiger partial charge is 0.480 e. The van der Waals surface area contributed by atoms with E-state index in [1.165, 1.54) is 11.8 Å². The monoisotopic (exact) mass is 221 g/mol. The first-order chi connectivity index (χ1) is 7.43. The number of hydrogen-bond donors (Lipinski definition) is 1. The van der Waals surface area contributed by atoms with Crippen LogP contribution in [0.15, 0.2) is 40.4 Å². The predicted molar refractivity (Wildman–Crippen MR) is 67.9 cm³/mol. The van der Waals surface area contributed by atoms with Gasteiger partial charge in [0.1, 0.15) is 6.04 Å². The number of carbonyl (C=O) groups is 1. The quantitative estimate of drug-likeness (QED) is 0.573. The van der Waals surface area contributed by atoms with E-state index in [0.29, 0.717) is 0 Å². The van der Waals surface area contributed by atoms with Crippen LogP contribution in [0.1, 0.15) is 27.7 Å². The fourth-order valence-electron chi connectivity index (χ4n) is 0.801. The van der Waals surface area contributed by atoms with Crippen molar-refractivity contribution in [3.05, 3.63) is 35.5 Å². The van der Waals surface area contributed by atoms with Crippen molar-refractivity contribution < 1.29 is 9.90 Å². The van der Waals surface area contributed by atoms with Gasteiger partial charge in [0.25, 0.3) is 0 Å². The first-order valence-corrected chi connectivity index (χ1v) is 5.18. The normalized spacial score (nSPS) is 14.4. The lowest BCUT2D eigenvalue weighted by molar-refractivity contribution is -0.137. The Morgan fingerprint density at radius 1 is 1.25 bits per heavy atom. The minimum atomic E-state index is -0.914. The fourth-order valence-corrected chi connectivity index (χ4v) is 0.801. The molecule has 0 radical (unpaired) electrons. The van der Waals surface area contributed by atoms with E-state index in [9.17, 15) is 4.79 Å². The van der Waals surface area contributed by atoms with Gasteiger partial charge in [-0.05, 0) is 39.3 Å². The average molecular weight is 221 g/mol. The molecule has 0 saturated carbocycles. The van der Waals surface area contributed by atoms with Crippen LogP contribution in [0.2, 0.25) is 0 Å². The van der Waals surface area contributed by atoms with E-state index in [-0.39, 0.29) is 0 Å². The van der Waals surface area contributed by atoms with Crippen LogP contribution in [0, 0.1) is 0 Å². The third-order valence-corrected chi connectivity index (χ3v) is 1.79. The third kappa shape index (κ3) is 7.74. The predicted octanol–water partition coefficient (Wildman–Crippen LogP) is 3.00. The number of nitrogens with zero attached hydrogens (tertiary/aromatic N) is 1. The zero-order chi connectivity index (χ0) is 12.6. The van der Waals surface area contributed by atoms with E-state index < -0.39 is 12.0 Å². The van der Waals surface area contributed by atoms with Crippen LogP contribution in [-0.4, -0.2) is 23.3 Å². The van der Waals surface area contributed by atoms with Crippen LogP contribution < -0.4 is 0 Å². The van der Waals surface area contributed by atoms with Gasteiger partial charge >= 0.3 is 5.97 Å². The molecular weight excluding hydrogens is 202 g/mol. The van der Waals surface area contributed by atoms with Gasteiger partial charge in [-0.3, -0.25) is 4.99 Å². The highest BCUT2D eigenvalue weighted by Crippen LogP contribution is 1.96. The lowest BCUT2D eigenvalue weighted by atomic mass is 10.2. The van der Waals surface area contributed by atoms with Crippen molar-refractivity contribution >= 4 is 12.2 Å². The highest BCUT2D eigenvalue weighted by molar-refractivity contribution is 5.79. The molecule has 3 heteroatoms. The minimum Gasteiger partial charge on any atom is -0.480 e. The van der Waals surface area contributed by atoms with E-state index in [1.54, 1.807) is 13.0 Å². The molecule has 0 saturated heterocycles. The van der Waals surface area contributed by atoms with Gasteiger partial charge in [-0.25, -0.2) is 4.79 Å². The Balaban J connectivity index is 4.30. The average Bonchev–Trinajstić information content (AvgIpc) is 2.16. The van der Waals surface area contributed by atoms with Crippen molar-refractivity contribution in [2.45, 2.75) is 33.7 Å². The number of allylic oxidation sites excluding steroid dienone is 6. The molecule has 0 unspecified atom stereocenters. The standard InChI is InChI=1S/C13H19NO2/c1-10(2)6-5-7-11(3)8-9-14-12(4)13(15)16/h5-9,12H,1-4H3,(H,15,16)/t12-/m0/s1. The topological polar surface area (TPSA) is 49.7 Å². The zero-order valence-corrected chi connectivity index (χ0v) is 10.3. The Morgan fingerprint density at radius 3 is 2.38 bits per heavy atom. The van der Waals surface area contributed by atoms with Gasteiger partial charge in [-0.15, -0.1) is 0 Å². The van der Waals surface area contributed by atoms with Crippen molar-refractivity contribution in [2.24, 2.45) is 4.99 Å². The van der Waals surface area contributed by atoms with Crippen molar-refractivity contribution in [3.8, 4) is 0 Å². The molecule has 0 fully saturated rings. The number of carboxylic acids is 1. The maximum Gasteiger partial charge on any atom is 0.328 e. The Labute approximate surface area is 96.9 Å². The molecule has 0 rings (SSSR count). The summed E-state index contributed by atoms with van der Waals surface area (Å²) in [5.41, 5.74) is 2.26. The zero-order valence-electron chi connectivity index (χ0n) is 10.3. The summed E-state index contributed by atoms with van der Waals surface area (Å²) in [7, 11) is 0. The molecule has 3 nitrogen and oxygen atoms in total. The Hall–Kier alpha value is -1.64. The molecule has 0 heterocycles. The van der Waals surface area contributed by atoms with Crippen molar-refractivity contribution in [3.63, 3.8) is 0 Å². The highest BCUT2D eigenvalue weighted by atomic mass is 16.4. The third-order valence-electron chi connectivity index (χ3n) is 1.79. The van der Waals surface area contributed by atoms with E-state index in [1.807, 2.05) is 39.0 Å². The molecule has 1 atom stereocenters. The highest BCUT2D eigenvalue weighted by Gasteiger charge is 2.05. The summed E-state index contributed by atoms with van der Waals surface area (Å²) in [6.45, 7) is 7.53. The second-order valence-electron chi connectivity index (χ2n) is 3.83. The van der Waals surface area contributed by atoms with E-state index in [2.05, 4.69) is 4.99 Å². The molecule has 0 spiro atoms. The maximum absolute atomic E-state index is 10.5. The maximum atomic E-state index is 10.5. The van der Waals surface area contributed by atoms with Gasteiger partial charge in [-0.2, -0.15) is 0 Å². The van der Waals surface area contributed by atoms with Crippen LogP contribution in [0.25, 0.3) is 0 Å². The molecule has 0 bridgehead atoms. The summed E-state index contributed by atoms with van der Waals surface area (Å²) in [6.07, 6.45) is 9.23. The van der Waals surface area contributed by atoms with Crippen LogP contribution >= 0.6 is 0 Å². The van der Waals surface area contributed by atoms with Crippen molar-refractivity contribution in [2.75, 3.05) is 0 Å². The molecule has 1 N–H and O–H groups in total. The summed E-state index contributed by atoms with van der Waals surface area (Å²) in [5, 5.41) is 8.59. The van der Waals surface area contributed by atoms with E-state index in [0.717, 1.165) is 5.57 Å². The molecule has 0 amide bonds. The number of aliphatic carboxylic acids is 1. The molecule has 0 aliphatic carbocycles. The second kappa shape index (κ2) is 7.63. The number of aliphatic imine (C=N–C) groups is 1. The van der Waals surface area contributed by atoms with Gasteiger partial charge in [0.05, 0.1) is 0 Å². The first kappa shape index (κ1) is 14.4. The van der Waals surface area contributed by atoms with Crippen molar-refractivity contribution in [1.29, 1.82) is 0 Å². The molecule has 16 heavy (non-hydrogen) atoms. The molecular formula is C13H19NO2. The number of rotatable bonds is 5. The summed E-state index contributed by atoms with van der Waals surface area (Å²) in [5.74, 6) is -0.914. The van der Waals surface area contributed by atoms with Gasteiger partial charge in [-0.1, -0.05) is 23.8 Å². The van der Waals surface area contributed by atoms with Crippen molar-refractivity contribution in [1.82, 2.24) is 0 Å². The lowest BCUT2D eigenvalue weighted by Crippen LogP contribution is -2.12. The van der Waals surface area contributed by atoms with Gasteiger partial charge in [0.2, 0.25) is 0 Å². The lowest BCUT2D eigenvalue weighted by Gasteiger charge is -1.95. The van der Waals surface area contributed by atoms with Gasteiger partial charge in [0.15, 0.2) is 0 Å². The molecule has 88 valence electrons. The van der Waals surface area contributed by atoms with Gasteiger partial charge < -0.3 is 5.11 Å². The fraction of sp³-hybridized carbons (Fsp3) is 0.385. The second-order valence-corrected chi connectivity index (χ2v) is 3.83. The van der Waals surface area contributed by atoms with Crippen LogP contribution in [0.4, 0.5) is 0 Å².